The molecule has 0 radical (unpaired) electrons. The van der Waals surface area contributed by atoms with Gasteiger partial charge in [0.15, 0.2) is 19.0 Å². The van der Waals surface area contributed by atoms with Crippen LogP contribution in [0.5, 0.6) is 0 Å². The Balaban J connectivity index is 1.65. The van der Waals surface area contributed by atoms with E-state index in [0.29, 0.717) is 21.2 Å². The fourth-order valence-corrected chi connectivity index (χ4v) is 4.75. The van der Waals surface area contributed by atoms with Crippen LogP contribution in [0.2, 0.25) is 0 Å². The Morgan fingerprint density at radius 1 is 1.38 bits per heavy atom. The quantitative estimate of drug-likeness (QED) is 0.471. The van der Waals surface area contributed by atoms with E-state index in [4.69, 9.17) is 4.74 Å². The molecule has 0 aliphatic heterocycles. The molecule has 0 fully saturated rings. The SMILES string of the molecule is CC(C)(C)[C@H]1CCc2c(sc(NC(=O)COC(=O)c3cc[n+]([O-])cc3)c2C#N)C1. The first-order valence-electron chi connectivity index (χ1n) is 9.39. The first-order valence-corrected chi connectivity index (χ1v) is 10.2. The van der Waals surface area contributed by atoms with Crippen LogP contribution < -0.4 is 10.0 Å². The fourth-order valence-electron chi connectivity index (χ4n) is 3.46. The lowest BCUT2D eigenvalue weighted by atomic mass is 9.72. The largest absolute Gasteiger partial charge is 0.619 e. The van der Waals surface area contributed by atoms with E-state index >= 15 is 0 Å². The molecule has 0 unspecified atom stereocenters. The maximum Gasteiger partial charge on any atom is 0.339 e. The lowest BCUT2D eigenvalue weighted by Crippen LogP contribution is -2.26. The monoisotopic (exact) mass is 413 g/mol. The van der Waals surface area contributed by atoms with Crippen molar-refractivity contribution in [2.45, 2.75) is 40.0 Å². The summed E-state index contributed by atoms with van der Waals surface area (Å²) in [4.78, 5) is 25.4. The summed E-state index contributed by atoms with van der Waals surface area (Å²) in [5, 5.41) is 23.8. The number of nitrogens with zero attached hydrogens (tertiary/aromatic N) is 2. The summed E-state index contributed by atoms with van der Waals surface area (Å²) >= 11 is 1.43. The molecule has 1 N–H and O–H groups in total. The zero-order valence-corrected chi connectivity index (χ0v) is 17.5. The van der Waals surface area contributed by atoms with Crippen molar-refractivity contribution in [1.82, 2.24) is 0 Å². The number of carbonyl (C=O) groups excluding carboxylic acids is 2. The number of carbonyl (C=O) groups is 2. The van der Waals surface area contributed by atoms with Crippen molar-refractivity contribution in [3.8, 4) is 6.07 Å². The normalized spacial score (nSPS) is 15.9. The zero-order valence-electron chi connectivity index (χ0n) is 16.7. The van der Waals surface area contributed by atoms with Crippen LogP contribution in [0, 0.1) is 27.9 Å². The second-order valence-electron chi connectivity index (χ2n) is 8.20. The number of fused-ring (bicyclic) bond motifs is 1. The smallest absolute Gasteiger partial charge is 0.339 e. The molecular weight excluding hydrogens is 390 g/mol. The molecule has 2 aromatic heterocycles. The van der Waals surface area contributed by atoms with E-state index in [9.17, 15) is 20.1 Å². The number of nitrogens with one attached hydrogen (secondary N) is 1. The van der Waals surface area contributed by atoms with Gasteiger partial charge in [-0.1, -0.05) is 20.8 Å². The standard InChI is InChI=1S/C21H23N3O4S/c1-21(2,3)14-4-5-15-16(11-22)19(29-17(15)10-14)23-18(25)12-28-20(26)13-6-8-24(27)9-7-13/h6-9,14H,4-5,10,12H2,1-3H3,(H,23,25)/t14-/m0/s1. The molecule has 1 aliphatic carbocycles. The number of amides is 1. The molecule has 2 heterocycles. The maximum atomic E-state index is 12.3. The minimum atomic E-state index is -0.695. The van der Waals surface area contributed by atoms with E-state index in [1.165, 1.54) is 35.9 Å². The Morgan fingerprint density at radius 3 is 2.69 bits per heavy atom. The van der Waals surface area contributed by atoms with Crippen LogP contribution in [-0.4, -0.2) is 18.5 Å². The number of thiophene rings is 1. The van der Waals surface area contributed by atoms with E-state index in [1.807, 2.05) is 0 Å². The van der Waals surface area contributed by atoms with Crippen LogP contribution in [0.15, 0.2) is 24.5 Å². The average molecular weight is 413 g/mol. The van der Waals surface area contributed by atoms with Gasteiger partial charge >= 0.3 is 5.97 Å². The van der Waals surface area contributed by atoms with Crippen molar-refractivity contribution in [3.63, 3.8) is 0 Å². The molecule has 3 rings (SSSR count). The van der Waals surface area contributed by atoms with E-state index in [-0.39, 0.29) is 11.0 Å². The summed E-state index contributed by atoms with van der Waals surface area (Å²) in [6.45, 7) is 6.20. The van der Waals surface area contributed by atoms with Gasteiger partial charge in [-0.15, -0.1) is 11.3 Å². The van der Waals surface area contributed by atoms with Gasteiger partial charge in [0.05, 0.1) is 11.1 Å². The van der Waals surface area contributed by atoms with Crippen molar-refractivity contribution in [3.05, 3.63) is 51.3 Å². The average Bonchev–Trinajstić information content (AvgIpc) is 3.02. The van der Waals surface area contributed by atoms with Crippen LogP contribution in [0.3, 0.4) is 0 Å². The molecule has 7 nitrogen and oxygen atoms in total. The van der Waals surface area contributed by atoms with Gasteiger partial charge in [0.1, 0.15) is 11.1 Å². The fraction of sp³-hybridized carbons (Fsp3) is 0.429. The Labute approximate surface area is 173 Å². The highest BCUT2D eigenvalue weighted by atomic mass is 32.1. The summed E-state index contributed by atoms with van der Waals surface area (Å²) in [6.07, 6.45) is 5.10. The van der Waals surface area contributed by atoms with Gasteiger partial charge in [-0.25, -0.2) is 4.79 Å². The van der Waals surface area contributed by atoms with Gasteiger partial charge < -0.3 is 15.3 Å². The highest BCUT2D eigenvalue weighted by Crippen LogP contribution is 2.43. The number of hydrogen-bond donors (Lipinski definition) is 1. The van der Waals surface area contributed by atoms with E-state index in [0.717, 1.165) is 29.7 Å². The number of ether oxygens (including phenoxy) is 1. The summed E-state index contributed by atoms with van der Waals surface area (Å²) in [5.74, 6) is -0.668. The zero-order chi connectivity index (χ0) is 21.2. The molecule has 152 valence electrons. The Morgan fingerprint density at radius 2 is 2.07 bits per heavy atom. The van der Waals surface area contributed by atoms with Crippen molar-refractivity contribution in [1.29, 1.82) is 5.26 Å². The molecule has 0 spiro atoms. The third-order valence-corrected chi connectivity index (χ3v) is 6.40. The van der Waals surface area contributed by atoms with Crippen molar-refractivity contribution in [2.75, 3.05) is 11.9 Å². The van der Waals surface area contributed by atoms with Crippen LogP contribution in [0.25, 0.3) is 0 Å². The number of pyridine rings is 1. The van der Waals surface area contributed by atoms with Gasteiger partial charge in [-0.05, 0) is 36.2 Å². The molecule has 2 aromatic rings. The van der Waals surface area contributed by atoms with Crippen molar-refractivity contribution in [2.24, 2.45) is 11.3 Å². The third-order valence-electron chi connectivity index (χ3n) is 5.23. The number of nitriles is 1. The maximum absolute atomic E-state index is 12.3. The van der Waals surface area contributed by atoms with Crippen LogP contribution >= 0.6 is 11.3 Å². The number of aromatic nitrogens is 1. The summed E-state index contributed by atoms with van der Waals surface area (Å²) in [7, 11) is 0. The molecule has 1 amide bonds. The molecule has 1 atom stereocenters. The summed E-state index contributed by atoms with van der Waals surface area (Å²) < 4.78 is 5.55. The predicted molar refractivity (Wildman–Crippen MR) is 108 cm³/mol. The molecule has 29 heavy (non-hydrogen) atoms. The molecule has 0 saturated heterocycles. The van der Waals surface area contributed by atoms with Gasteiger partial charge in [0, 0.05) is 17.0 Å². The van der Waals surface area contributed by atoms with Crippen LogP contribution in [-0.2, 0) is 22.4 Å². The molecular formula is C21H23N3O4S. The topological polar surface area (TPSA) is 106 Å². The van der Waals surface area contributed by atoms with Crippen LogP contribution in [0.4, 0.5) is 5.00 Å². The number of rotatable bonds is 4. The Hall–Kier alpha value is -2.92. The van der Waals surface area contributed by atoms with Crippen molar-refractivity contribution >= 4 is 28.2 Å². The summed E-state index contributed by atoms with van der Waals surface area (Å²) in [5.41, 5.74) is 1.91. The van der Waals surface area contributed by atoms with E-state index < -0.39 is 18.5 Å². The number of esters is 1. The second-order valence-corrected chi connectivity index (χ2v) is 9.30. The predicted octanol–water partition coefficient (Wildman–Crippen LogP) is 3.20. The minimum Gasteiger partial charge on any atom is -0.619 e. The van der Waals surface area contributed by atoms with Crippen LogP contribution in [0.1, 0.15) is 53.6 Å². The summed E-state index contributed by atoms with van der Waals surface area (Å²) in [6, 6.07) is 4.85. The molecule has 0 aromatic carbocycles. The Kier molecular flexibility index (Phi) is 5.89. The number of hydrogen-bond acceptors (Lipinski definition) is 6. The van der Waals surface area contributed by atoms with Gasteiger partial charge in [-0.3, -0.25) is 4.79 Å². The second kappa shape index (κ2) is 8.21. The van der Waals surface area contributed by atoms with Gasteiger partial charge in [0.2, 0.25) is 0 Å². The first kappa shape index (κ1) is 20.8. The molecule has 1 aliphatic rings. The molecule has 8 heteroatoms. The van der Waals surface area contributed by atoms with E-state index in [2.05, 4.69) is 32.2 Å². The van der Waals surface area contributed by atoms with Gasteiger partial charge in [-0.2, -0.15) is 9.99 Å². The van der Waals surface area contributed by atoms with E-state index in [1.54, 1.807) is 0 Å². The Bertz CT molecular complexity index is 968. The number of anilines is 1. The molecule has 0 saturated carbocycles. The van der Waals surface area contributed by atoms with Gasteiger partial charge in [0.25, 0.3) is 5.91 Å². The lowest BCUT2D eigenvalue weighted by Gasteiger charge is -2.33. The highest BCUT2D eigenvalue weighted by Gasteiger charge is 2.32. The van der Waals surface area contributed by atoms with Crippen molar-refractivity contribution < 1.29 is 19.1 Å². The minimum absolute atomic E-state index is 0.183. The molecule has 0 bridgehead atoms. The third kappa shape index (κ3) is 4.74. The first-order chi connectivity index (χ1) is 13.7. The highest BCUT2D eigenvalue weighted by molar-refractivity contribution is 7.16. The lowest BCUT2D eigenvalue weighted by molar-refractivity contribution is -0.605.